The molecule has 1 saturated heterocycles. The number of nitrogens with zero attached hydrogens (tertiary/aromatic N) is 3. The maximum Gasteiger partial charge on any atom is 0.261 e. The zero-order chi connectivity index (χ0) is 11.1. The van der Waals surface area contributed by atoms with Crippen LogP contribution in [0.15, 0.2) is 40.6 Å². The van der Waals surface area contributed by atoms with Crippen molar-refractivity contribution in [2.75, 3.05) is 11.4 Å². The second-order valence-electron chi connectivity index (χ2n) is 3.84. The van der Waals surface area contributed by atoms with E-state index in [-0.39, 0.29) is 17.7 Å². The molecule has 1 aromatic rings. The Labute approximate surface area is 91.8 Å². The molecule has 80 valence electrons. The first-order valence-electron chi connectivity index (χ1n) is 5.08. The summed E-state index contributed by atoms with van der Waals surface area (Å²) in [5.74, 6) is -0.832. The van der Waals surface area contributed by atoms with E-state index < -0.39 is 6.04 Å². The maximum absolute atomic E-state index is 12.0. The Balaban J connectivity index is 2.01. The predicted octanol–water partition coefficient (Wildman–Crippen LogP) is 1.01. The van der Waals surface area contributed by atoms with Gasteiger partial charge in [0.2, 0.25) is 5.91 Å². The summed E-state index contributed by atoms with van der Waals surface area (Å²) >= 11 is 0. The van der Waals surface area contributed by atoms with E-state index in [0.717, 1.165) is 0 Å². The Morgan fingerprint density at radius 2 is 1.88 bits per heavy atom. The third-order valence-corrected chi connectivity index (χ3v) is 2.89. The van der Waals surface area contributed by atoms with Crippen molar-refractivity contribution in [3.63, 3.8) is 0 Å². The first-order chi connectivity index (χ1) is 7.79. The van der Waals surface area contributed by atoms with Gasteiger partial charge in [-0.2, -0.15) is 10.2 Å². The van der Waals surface area contributed by atoms with Gasteiger partial charge in [-0.25, -0.2) is 4.90 Å². The number of carbonyl (C=O) groups excluding carboxylic acids is 2. The number of hydrogen-bond acceptors (Lipinski definition) is 4. The number of rotatable bonds is 1. The minimum atomic E-state index is -0.590. The fourth-order valence-corrected chi connectivity index (χ4v) is 2.08. The summed E-state index contributed by atoms with van der Waals surface area (Å²) in [4.78, 5) is 25.1. The molecular formula is C11H9N3O2. The van der Waals surface area contributed by atoms with Gasteiger partial charge < -0.3 is 0 Å². The molecule has 0 spiro atoms. The molecule has 0 radical (unpaired) electrons. The summed E-state index contributed by atoms with van der Waals surface area (Å²) in [5.41, 5.74) is 0.613. The number of fused-ring (bicyclic) bond motifs is 1. The highest BCUT2D eigenvalue weighted by Crippen LogP contribution is 2.31. The fraction of sp³-hybridized carbons (Fsp3) is 0.273. The number of anilines is 1. The van der Waals surface area contributed by atoms with Crippen LogP contribution in [0.25, 0.3) is 0 Å². The Kier molecular flexibility index (Phi) is 1.86. The van der Waals surface area contributed by atoms with Crippen LogP contribution < -0.4 is 4.90 Å². The van der Waals surface area contributed by atoms with E-state index in [1.807, 2.05) is 6.07 Å². The van der Waals surface area contributed by atoms with Crippen molar-refractivity contribution in [1.82, 2.24) is 0 Å². The second kappa shape index (κ2) is 3.23. The Morgan fingerprint density at radius 1 is 1.12 bits per heavy atom. The minimum absolute atomic E-state index is 0.189. The lowest BCUT2D eigenvalue weighted by Gasteiger charge is -2.14. The molecule has 0 unspecified atom stereocenters. The lowest BCUT2D eigenvalue weighted by atomic mass is 10.1. The van der Waals surface area contributed by atoms with Crippen LogP contribution in [0.2, 0.25) is 0 Å². The van der Waals surface area contributed by atoms with Crippen LogP contribution in [0.4, 0.5) is 5.69 Å². The molecule has 0 aliphatic carbocycles. The molecule has 2 heterocycles. The van der Waals surface area contributed by atoms with Crippen LogP contribution in [0, 0.1) is 5.92 Å². The van der Waals surface area contributed by atoms with E-state index in [1.54, 1.807) is 24.3 Å². The van der Waals surface area contributed by atoms with Gasteiger partial charge in [0.15, 0.2) is 6.04 Å². The summed E-state index contributed by atoms with van der Waals surface area (Å²) in [7, 11) is 0. The molecule has 5 heteroatoms. The molecule has 2 amide bonds. The molecule has 2 aliphatic rings. The van der Waals surface area contributed by atoms with Crippen LogP contribution in [0.1, 0.15) is 0 Å². The van der Waals surface area contributed by atoms with E-state index in [2.05, 4.69) is 10.2 Å². The molecule has 2 atom stereocenters. The molecule has 3 rings (SSSR count). The topological polar surface area (TPSA) is 62.1 Å². The average molecular weight is 215 g/mol. The highest BCUT2D eigenvalue weighted by Gasteiger charge is 2.50. The zero-order valence-corrected chi connectivity index (χ0v) is 8.41. The SMILES string of the molecule is O=C1[C@H]2CN=N[C@H]2C(=O)N1c1ccccc1. The van der Waals surface area contributed by atoms with Gasteiger partial charge in [-0.15, -0.1) is 0 Å². The van der Waals surface area contributed by atoms with Gasteiger partial charge >= 0.3 is 0 Å². The van der Waals surface area contributed by atoms with Gasteiger partial charge in [-0.1, -0.05) is 18.2 Å². The molecule has 0 bridgehead atoms. The van der Waals surface area contributed by atoms with Crippen molar-refractivity contribution in [2.45, 2.75) is 6.04 Å². The largest absolute Gasteiger partial charge is 0.274 e. The normalized spacial score (nSPS) is 27.6. The molecule has 0 aromatic heterocycles. The summed E-state index contributed by atoms with van der Waals surface area (Å²) in [5, 5.41) is 7.57. The molecule has 16 heavy (non-hydrogen) atoms. The van der Waals surface area contributed by atoms with E-state index in [0.29, 0.717) is 12.2 Å². The van der Waals surface area contributed by atoms with Crippen molar-refractivity contribution < 1.29 is 9.59 Å². The number of imide groups is 1. The van der Waals surface area contributed by atoms with E-state index >= 15 is 0 Å². The number of benzene rings is 1. The van der Waals surface area contributed by atoms with Crippen molar-refractivity contribution in [3.05, 3.63) is 30.3 Å². The number of azo groups is 1. The maximum atomic E-state index is 12.0. The average Bonchev–Trinajstić information content (AvgIpc) is 2.86. The molecule has 1 aromatic carbocycles. The van der Waals surface area contributed by atoms with Crippen molar-refractivity contribution >= 4 is 17.5 Å². The standard InChI is InChI=1S/C11H9N3O2/c15-10-8-6-12-13-9(8)11(16)14(10)7-4-2-1-3-5-7/h1-5,8-9H,6H2/t8-,9+/m0/s1. The number of carbonyl (C=O) groups is 2. The number of amides is 2. The third kappa shape index (κ3) is 1.11. The summed E-state index contributed by atoms with van der Waals surface area (Å²) in [6.45, 7) is 0.332. The number of hydrogen-bond donors (Lipinski definition) is 0. The molecule has 5 nitrogen and oxygen atoms in total. The lowest BCUT2D eigenvalue weighted by Crippen LogP contribution is -2.31. The first kappa shape index (κ1) is 9.21. The third-order valence-electron chi connectivity index (χ3n) is 2.89. The second-order valence-corrected chi connectivity index (χ2v) is 3.84. The predicted molar refractivity (Wildman–Crippen MR) is 55.9 cm³/mol. The highest BCUT2D eigenvalue weighted by atomic mass is 16.2. The van der Waals surface area contributed by atoms with Gasteiger partial charge in [-0.05, 0) is 12.1 Å². The molecule has 0 N–H and O–H groups in total. The molecule has 1 fully saturated rings. The van der Waals surface area contributed by atoms with Crippen molar-refractivity contribution in [3.8, 4) is 0 Å². The Bertz CT molecular complexity index is 483. The quantitative estimate of drug-likeness (QED) is 0.656. The van der Waals surface area contributed by atoms with Gasteiger partial charge in [0.1, 0.15) is 0 Å². The zero-order valence-electron chi connectivity index (χ0n) is 8.41. The monoisotopic (exact) mass is 215 g/mol. The van der Waals surface area contributed by atoms with Crippen LogP contribution in [0.3, 0.4) is 0 Å². The number of para-hydroxylation sites is 1. The minimum Gasteiger partial charge on any atom is -0.274 e. The van der Waals surface area contributed by atoms with Crippen LogP contribution in [-0.4, -0.2) is 24.4 Å². The first-order valence-corrected chi connectivity index (χ1v) is 5.08. The van der Waals surface area contributed by atoms with Gasteiger partial charge in [0.25, 0.3) is 5.91 Å². The van der Waals surface area contributed by atoms with Crippen molar-refractivity contribution in [1.29, 1.82) is 0 Å². The van der Waals surface area contributed by atoms with Crippen LogP contribution in [-0.2, 0) is 9.59 Å². The van der Waals surface area contributed by atoms with E-state index in [9.17, 15) is 9.59 Å². The molecular weight excluding hydrogens is 206 g/mol. The van der Waals surface area contributed by atoms with E-state index in [1.165, 1.54) is 4.90 Å². The molecule has 0 saturated carbocycles. The van der Waals surface area contributed by atoms with E-state index in [4.69, 9.17) is 0 Å². The highest BCUT2D eigenvalue weighted by molar-refractivity contribution is 6.23. The van der Waals surface area contributed by atoms with Gasteiger partial charge in [0.05, 0.1) is 18.2 Å². The summed E-state index contributed by atoms with van der Waals surface area (Å²) < 4.78 is 0. The smallest absolute Gasteiger partial charge is 0.261 e. The van der Waals surface area contributed by atoms with Gasteiger partial charge in [0, 0.05) is 0 Å². The fourth-order valence-electron chi connectivity index (χ4n) is 2.08. The van der Waals surface area contributed by atoms with Crippen molar-refractivity contribution in [2.24, 2.45) is 16.1 Å². The lowest BCUT2D eigenvalue weighted by molar-refractivity contribution is -0.122. The Hall–Kier alpha value is -2.04. The summed E-state index contributed by atoms with van der Waals surface area (Å²) in [6.07, 6.45) is 0. The summed E-state index contributed by atoms with van der Waals surface area (Å²) in [6, 6.07) is 8.33. The Morgan fingerprint density at radius 3 is 2.56 bits per heavy atom. The van der Waals surface area contributed by atoms with Crippen LogP contribution in [0.5, 0.6) is 0 Å². The van der Waals surface area contributed by atoms with Gasteiger partial charge in [-0.3, -0.25) is 9.59 Å². The molecule has 2 aliphatic heterocycles. The van der Waals surface area contributed by atoms with Crippen LogP contribution >= 0.6 is 0 Å².